The highest BCUT2D eigenvalue weighted by Crippen LogP contribution is 2.20. The first-order chi connectivity index (χ1) is 12.5. The van der Waals surface area contributed by atoms with Gasteiger partial charge in [-0.25, -0.2) is 4.68 Å². The van der Waals surface area contributed by atoms with Crippen molar-refractivity contribution in [1.29, 1.82) is 0 Å². The van der Waals surface area contributed by atoms with E-state index >= 15 is 0 Å². The van der Waals surface area contributed by atoms with E-state index in [4.69, 9.17) is 11.6 Å². The number of likely N-dealkylation sites (N-methyl/N-ethyl adjacent to an activating group) is 1. The van der Waals surface area contributed by atoms with E-state index in [-0.39, 0.29) is 11.8 Å². The molecule has 2 heterocycles. The third-order valence-corrected chi connectivity index (χ3v) is 4.77. The van der Waals surface area contributed by atoms with Crippen molar-refractivity contribution in [2.24, 2.45) is 0 Å². The third-order valence-electron chi connectivity index (χ3n) is 4.45. The average molecular weight is 376 g/mol. The first kappa shape index (κ1) is 18.4. The maximum atomic E-state index is 12.7. The summed E-state index contributed by atoms with van der Waals surface area (Å²) in [4.78, 5) is 30.0. The van der Waals surface area contributed by atoms with Crippen molar-refractivity contribution < 1.29 is 9.59 Å². The summed E-state index contributed by atoms with van der Waals surface area (Å²) in [5.41, 5.74) is 1.27. The van der Waals surface area contributed by atoms with Crippen LogP contribution in [0.2, 0.25) is 5.02 Å². The number of nitrogens with zero attached hydrogens (tertiary/aromatic N) is 5. The second kappa shape index (κ2) is 7.88. The number of para-hydroxylation sites is 1. The Morgan fingerprint density at radius 2 is 1.85 bits per heavy atom. The summed E-state index contributed by atoms with van der Waals surface area (Å²) in [5, 5.41) is 4.84. The van der Waals surface area contributed by atoms with E-state index in [0.29, 0.717) is 43.3 Å². The topological polar surface area (TPSA) is 61.7 Å². The van der Waals surface area contributed by atoms with Crippen molar-refractivity contribution in [3.63, 3.8) is 0 Å². The minimum absolute atomic E-state index is 0.0538. The van der Waals surface area contributed by atoms with Gasteiger partial charge in [0.05, 0.1) is 29.0 Å². The van der Waals surface area contributed by atoms with Crippen LogP contribution in [0.15, 0.2) is 36.7 Å². The van der Waals surface area contributed by atoms with Crippen molar-refractivity contribution in [2.75, 3.05) is 46.8 Å². The highest BCUT2D eigenvalue weighted by atomic mass is 35.5. The Bertz CT molecular complexity index is 796. The van der Waals surface area contributed by atoms with Crippen LogP contribution >= 0.6 is 11.6 Å². The lowest BCUT2D eigenvalue weighted by atomic mass is 10.2. The molecule has 0 radical (unpaired) electrons. The SMILES string of the molecule is CN(C)C(=O)CN1CCN(C(=O)c2cnn(-c3ccccc3Cl)c2)CC1. The highest BCUT2D eigenvalue weighted by molar-refractivity contribution is 6.32. The molecule has 1 fully saturated rings. The minimum atomic E-state index is -0.0538. The number of amides is 2. The van der Waals surface area contributed by atoms with E-state index in [1.807, 2.05) is 18.2 Å². The van der Waals surface area contributed by atoms with E-state index in [1.54, 1.807) is 47.0 Å². The van der Waals surface area contributed by atoms with Crippen molar-refractivity contribution in [2.45, 2.75) is 0 Å². The zero-order valence-corrected chi connectivity index (χ0v) is 15.7. The number of aromatic nitrogens is 2. The molecule has 0 bridgehead atoms. The quantitative estimate of drug-likeness (QED) is 0.809. The number of hydrogen-bond donors (Lipinski definition) is 0. The molecule has 1 aromatic carbocycles. The van der Waals surface area contributed by atoms with Crippen LogP contribution in [0.5, 0.6) is 0 Å². The molecule has 0 saturated carbocycles. The predicted octanol–water partition coefficient (Wildman–Crippen LogP) is 1.37. The van der Waals surface area contributed by atoms with Crippen molar-refractivity contribution in [1.82, 2.24) is 24.5 Å². The fourth-order valence-corrected chi connectivity index (χ4v) is 3.05. The van der Waals surface area contributed by atoms with E-state index < -0.39 is 0 Å². The van der Waals surface area contributed by atoms with Crippen LogP contribution < -0.4 is 0 Å². The molecule has 0 atom stereocenters. The zero-order valence-electron chi connectivity index (χ0n) is 14.9. The summed E-state index contributed by atoms with van der Waals surface area (Å²) >= 11 is 6.18. The molecule has 0 aliphatic carbocycles. The molecule has 0 N–H and O–H groups in total. The molecule has 138 valence electrons. The molecule has 3 rings (SSSR count). The molecule has 1 saturated heterocycles. The first-order valence-electron chi connectivity index (χ1n) is 8.47. The van der Waals surface area contributed by atoms with Crippen LogP contribution in [0.4, 0.5) is 0 Å². The number of hydrogen-bond acceptors (Lipinski definition) is 4. The highest BCUT2D eigenvalue weighted by Gasteiger charge is 2.24. The molecule has 8 heteroatoms. The number of carbonyl (C=O) groups is 2. The Morgan fingerprint density at radius 3 is 2.50 bits per heavy atom. The molecular weight excluding hydrogens is 354 g/mol. The third kappa shape index (κ3) is 4.05. The summed E-state index contributed by atoms with van der Waals surface area (Å²) in [6, 6.07) is 7.36. The van der Waals surface area contributed by atoms with E-state index in [9.17, 15) is 9.59 Å². The Labute approximate surface area is 157 Å². The van der Waals surface area contributed by atoms with Gasteiger partial charge in [-0.05, 0) is 12.1 Å². The second-order valence-corrected chi connectivity index (χ2v) is 6.89. The number of piperazine rings is 1. The van der Waals surface area contributed by atoms with Crippen LogP contribution in [0.25, 0.3) is 5.69 Å². The molecule has 1 aromatic heterocycles. The predicted molar refractivity (Wildman–Crippen MR) is 99.6 cm³/mol. The van der Waals surface area contributed by atoms with E-state index in [1.165, 1.54) is 0 Å². The number of halogens is 1. The van der Waals surface area contributed by atoms with Gasteiger partial charge in [0.1, 0.15) is 0 Å². The lowest BCUT2D eigenvalue weighted by Crippen LogP contribution is -2.51. The standard InChI is InChI=1S/C18H22ClN5O2/c1-21(2)17(25)13-22-7-9-23(10-8-22)18(26)14-11-20-24(12-14)16-6-4-3-5-15(16)19/h3-6,11-12H,7-10,13H2,1-2H3. The van der Waals surface area contributed by atoms with Gasteiger partial charge in [0.15, 0.2) is 0 Å². The van der Waals surface area contributed by atoms with Gasteiger partial charge >= 0.3 is 0 Å². The Morgan fingerprint density at radius 1 is 1.15 bits per heavy atom. The largest absolute Gasteiger partial charge is 0.348 e. The molecule has 1 aliphatic rings. The van der Waals surface area contributed by atoms with Crippen molar-refractivity contribution >= 4 is 23.4 Å². The van der Waals surface area contributed by atoms with E-state index in [2.05, 4.69) is 10.00 Å². The number of carbonyl (C=O) groups excluding carboxylic acids is 2. The summed E-state index contributed by atoms with van der Waals surface area (Å²) in [6.07, 6.45) is 3.26. The molecule has 0 unspecified atom stereocenters. The van der Waals surface area contributed by atoms with Crippen molar-refractivity contribution in [3.8, 4) is 5.69 Å². The molecule has 7 nitrogen and oxygen atoms in total. The second-order valence-electron chi connectivity index (χ2n) is 6.48. The molecule has 1 aliphatic heterocycles. The maximum Gasteiger partial charge on any atom is 0.257 e. The fourth-order valence-electron chi connectivity index (χ4n) is 2.83. The lowest BCUT2D eigenvalue weighted by Gasteiger charge is -2.34. The van der Waals surface area contributed by atoms with Crippen molar-refractivity contribution in [3.05, 3.63) is 47.2 Å². The van der Waals surface area contributed by atoms with Gasteiger partial charge in [-0.15, -0.1) is 0 Å². The Kier molecular flexibility index (Phi) is 5.58. The van der Waals surface area contributed by atoms with E-state index in [0.717, 1.165) is 5.69 Å². The van der Waals surface area contributed by atoms with Gasteiger partial charge in [0.2, 0.25) is 5.91 Å². The summed E-state index contributed by atoms with van der Waals surface area (Å²) in [7, 11) is 3.50. The summed E-state index contributed by atoms with van der Waals surface area (Å²) < 4.78 is 1.61. The minimum Gasteiger partial charge on any atom is -0.348 e. The molecule has 2 amide bonds. The first-order valence-corrected chi connectivity index (χ1v) is 8.85. The molecule has 26 heavy (non-hydrogen) atoms. The average Bonchev–Trinajstić information content (AvgIpc) is 3.12. The molecule has 0 spiro atoms. The van der Waals surface area contributed by atoms with Gasteiger partial charge < -0.3 is 9.80 Å². The van der Waals surface area contributed by atoms with Gasteiger partial charge in [-0.2, -0.15) is 5.10 Å². The summed E-state index contributed by atoms with van der Waals surface area (Å²) in [6.45, 7) is 2.95. The van der Waals surface area contributed by atoms with Crippen LogP contribution in [-0.4, -0.2) is 83.1 Å². The fraction of sp³-hybridized carbons (Fsp3) is 0.389. The monoisotopic (exact) mass is 375 g/mol. The molecular formula is C18H22ClN5O2. The lowest BCUT2D eigenvalue weighted by molar-refractivity contribution is -0.130. The van der Waals surface area contributed by atoms with Crippen LogP contribution in [0.3, 0.4) is 0 Å². The van der Waals surface area contributed by atoms with Gasteiger partial charge in [0.25, 0.3) is 5.91 Å². The van der Waals surface area contributed by atoms with Crippen LogP contribution in [-0.2, 0) is 4.79 Å². The number of rotatable bonds is 4. The maximum absolute atomic E-state index is 12.7. The zero-order chi connectivity index (χ0) is 18.7. The molecule has 2 aromatic rings. The smallest absolute Gasteiger partial charge is 0.257 e. The van der Waals surface area contributed by atoms with Gasteiger partial charge in [-0.3, -0.25) is 14.5 Å². The summed E-state index contributed by atoms with van der Waals surface area (Å²) in [5.74, 6) is 0.0210. The van der Waals surface area contributed by atoms with Gasteiger partial charge in [-0.1, -0.05) is 23.7 Å². The van der Waals surface area contributed by atoms with Crippen LogP contribution in [0, 0.1) is 0 Å². The number of benzene rings is 1. The van der Waals surface area contributed by atoms with Gasteiger partial charge in [0, 0.05) is 46.5 Å². The normalized spacial score (nSPS) is 15.1. The Hall–Kier alpha value is -2.38. The van der Waals surface area contributed by atoms with Crippen LogP contribution in [0.1, 0.15) is 10.4 Å². The Balaban J connectivity index is 1.61.